The number of benzene rings is 1. The maximum Gasteiger partial charge on any atom is 0.0491 e. The highest BCUT2D eigenvalue weighted by molar-refractivity contribution is 9.10. The van der Waals surface area contributed by atoms with Crippen LogP contribution in [0.5, 0.6) is 0 Å². The maximum absolute atomic E-state index is 5.34. The number of hydrogen-bond donors (Lipinski definition) is 1. The molecule has 0 saturated carbocycles. The number of ether oxygens (including phenoxy) is 1. The number of halogens is 1. The highest BCUT2D eigenvalue weighted by Gasteiger charge is 2.18. The summed E-state index contributed by atoms with van der Waals surface area (Å²) in [6.07, 6.45) is 1.08. The van der Waals surface area contributed by atoms with E-state index in [0.29, 0.717) is 17.8 Å². The molecule has 0 heterocycles. The molecule has 2 atom stereocenters. The van der Waals surface area contributed by atoms with Crippen LogP contribution in [0, 0.1) is 17.8 Å². The Balaban J connectivity index is 2.64. The SMILES string of the molecule is COCC(C)C(CNCC(C)C)Cc1ccccc1Br. The second-order valence-electron chi connectivity index (χ2n) is 6.04. The lowest BCUT2D eigenvalue weighted by molar-refractivity contribution is 0.128. The molecule has 0 spiro atoms. The Labute approximate surface area is 132 Å². The van der Waals surface area contributed by atoms with E-state index in [9.17, 15) is 0 Å². The Morgan fingerprint density at radius 3 is 2.45 bits per heavy atom. The van der Waals surface area contributed by atoms with Gasteiger partial charge in [0.05, 0.1) is 0 Å². The predicted octanol–water partition coefficient (Wildman–Crippen LogP) is 4.14. The van der Waals surface area contributed by atoms with E-state index in [2.05, 4.69) is 66.3 Å². The fourth-order valence-electron chi connectivity index (χ4n) is 2.38. The molecule has 1 aromatic rings. The topological polar surface area (TPSA) is 21.3 Å². The van der Waals surface area contributed by atoms with Gasteiger partial charge in [0.15, 0.2) is 0 Å². The summed E-state index contributed by atoms with van der Waals surface area (Å²) >= 11 is 3.65. The molecule has 0 radical (unpaired) electrons. The van der Waals surface area contributed by atoms with Gasteiger partial charge >= 0.3 is 0 Å². The van der Waals surface area contributed by atoms with Gasteiger partial charge in [0.2, 0.25) is 0 Å². The maximum atomic E-state index is 5.34. The number of rotatable bonds is 9. The van der Waals surface area contributed by atoms with E-state index >= 15 is 0 Å². The van der Waals surface area contributed by atoms with E-state index in [1.165, 1.54) is 10.0 Å². The second kappa shape index (κ2) is 9.54. The molecule has 0 aliphatic rings. The summed E-state index contributed by atoms with van der Waals surface area (Å²) in [7, 11) is 1.79. The van der Waals surface area contributed by atoms with E-state index < -0.39 is 0 Å². The van der Waals surface area contributed by atoms with Crippen LogP contribution in [0.2, 0.25) is 0 Å². The van der Waals surface area contributed by atoms with Crippen molar-refractivity contribution in [1.29, 1.82) is 0 Å². The largest absolute Gasteiger partial charge is 0.384 e. The van der Waals surface area contributed by atoms with Gasteiger partial charge in [0, 0.05) is 18.2 Å². The minimum Gasteiger partial charge on any atom is -0.384 e. The Bertz CT molecular complexity index is 381. The Hall–Kier alpha value is -0.380. The highest BCUT2D eigenvalue weighted by Crippen LogP contribution is 2.23. The third-order valence-corrected chi connectivity index (χ3v) is 4.41. The monoisotopic (exact) mass is 341 g/mol. The van der Waals surface area contributed by atoms with E-state index in [1.54, 1.807) is 7.11 Å². The summed E-state index contributed by atoms with van der Waals surface area (Å²) in [5.41, 5.74) is 1.38. The van der Waals surface area contributed by atoms with Crippen LogP contribution in [0.15, 0.2) is 28.7 Å². The summed E-state index contributed by atoms with van der Waals surface area (Å²) in [5.74, 6) is 1.83. The molecule has 0 aliphatic heterocycles. The summed E-state index contributed by atoms with van der Waals surface area (Å²) < 4.78 is 6.55. The van der Waals surface area contributed by atoms with Crippen LogP contribution >= 0.6 is 15.9 Å². The molecule has 3 heteroatoms. The molecule has 114 valence electrons. The zero-order valence-electron chi connectivity index (χ0n) is 13.2. The van der Waals surface area contributed by atoms with E-state index in [4.69, 9.17) is 4.74 Å². The zero-order chi connectivity index (χ0) is 15.0. The van der Waals surface area contributed by atoms with Gasteiger partial charge in [-0.25, -0.2) is 0 Å². The first-order valence-electron chi connectivity index (χ1n) is 7.47. The molecule has 0 amide bonds. The summed E-state index contributed by atoms with van der Waals surface area (Å²) in [6.45, 7) is 9.71. The molecule has 0 aromatic heterocycles. The molecule has 1 rings (SSSR count). The van der Waals surface area contributed by atoms with Crippen molar-refractivity contribution in [3.8, 4) is 0 Å². The molecule has 2 nitrogen and oxygen atoms in total. The lowest BCUT2D eigenvalue weighted by Gasteiger charge is -2.25. The van der Waals surface area contributed by atoms with Crippen LogP contribution in [-0.2, 0) is 11.2 Å². The first kappa shape index (κ1) is 17.7. The molecule has 1 N–H and O–H groups in total. The first-order chi connectivity index (χ1) is 9.54. The van der Waals surface area contributed by atoms with Crippen molar-refractivity contribution in [3.05, 3.63) is 34.3 Å². The number of hydrogen-bond acceptors (Lipinski definition) is 2. The lowest BCUT2D eigenvalue weighted by atomic mass is 9.88. The number of nitrogens with one attached hydrogen (secondary N) is 1. The molecule has 1 aromatic carbocycles. The van der Waals surface area contributed by atoms with E-state index in [0.717, 1.165) is 26.1 Å². The van der Waals surface area contributed by atoms with Gasteiger partial charge in [0.1, 0.15) is 0 Å². The summed E-state index contributed by atoms with van der Waals surface area (Å²) in [5, 5.41) is 3.59. The van der Waals surface area contributed by atoms with Crippen LogP contribution in [0.4, 0.5) is 0 Å². The summed E-state index contributed by atoms with van der Waals surface area (Å²) in [6, 6.07) is 8.51. The molecular weight excluding hydrogens is 314 g/mol. The average molecular weight is 342 g/mol. The molecule has 0 bridgehead atoms. The van der Waals surface area contributed by atoms with Gasteiger partial charge in [0.25, 0.3) is 0 Å². The minimum atomic E-state index is 0.548. The number of methoxy groups -OCH3 is 1. The van der Waals surface area contributed by atoms with Crippen LogP contribution in [0.3, 0.4) is 0 Å². The van der Waals surface area contributed by atoms with Crippen LogP contribution in [-0.4, -0.2) is 26.8 Å². The molecule has 0 saturated heterocycles. The Morgan fingerprint density at radius 1 is 1.15 bits per heavy atom. The standard InChI is InChI=1S/C17H28BrNO/c1-13(2)10-19-11-16(14(3)12-20-4)9-15-7-5-6-8-17(15)18/h5-8,13-14,16,19H,9-12H2,1-4H3. The first-order valence-corrected chi connectivity index (χ1v) is 8.27. The quantitative estimate of drug-likeness (QED) is 0.728. The van der Waals surface area contributed by atoms with Crippen LogP contribution in [0.25, 0.3) is 0 Å². The normalized spacial score (nSPS) is 14.5. The molecule has 2 unspecified atom stereocenters. The van der Waals surface area contributed by atoms with Gasteiger partial charge < -0.3 is 10.1 Å². The van der Waals surface area contributed by atoms with Crippen molar-refractivity contribution < 1.29 is 4.74 Å². The van der Waals surface area contributed by atoms with Crippen LogP contribution < -0.4 is 5.32 Å². The lowest BCUT2D eigenvalue weighted by Crippen LogP contribution is -2.32. The Kier molecular flexibility index (Phi) is 8.43. The Morgan fingerprint density at radius 2 is 1.85 bits per heavy atom. The van der Waals surface area contributed by atoms with Gasteiger partial charge in [-0.05, 0) is 48.9 Å². The third-order valence-electron chi connectivity index (χ3n) is 3.63. The fourth-order valence-corrected chi connectivity index (χ4v) is 2.82. The van der Waals surface area contributed by atoms with Crippen molar-refractivity contribution in [2.24, 2.45) is 17.8 Å². The van der Waals surface area contributed by atoms with Gasteiger partial charge in [-0.1, -0.05) is 54.9 Å². The van der Waals surface area contributed by atoms with Crippen molar-refractivity contribution in [2.75, 3.05) is 26.8 Å². The van der Waals surface area contributed by atoms with Gasteiger partial charge in [-0.2, -0.15) is 0 Å². The molecule has 0 fully saturated rings. The van der Waals surface area contributed by atoms with Crippen molar-refractivity contribution >= 4 is 15.9 Å². The fraction of sp³-hybridized carbons (Fsp3) is 0.647. The zero-order valence-corrected chi connectivity index (χ0v) is 14.7. The minimum absolute atomic E-state index is 0.548. The van der Waals surface area contributed by atoms with E-state index in [-0.39, 0.29) is 0 Å². The van der Waals surface area contributed by atoms with E-state index in [1.807, 2.05) is 0 Å². The van der Waals surface area contributed by atoms with Gasteiger partial charge in [-0.15, -0.1) is 0 Å². The smallest absolute Gasteiger partial charge is 0.0491 e. The van der Waals surface area contributed by atoms with Crippen LogP contribution in [0.1, 0.15) is 26.3 Å². The average Bonchev–Trinajstić information content (AvgIpc) is 2.39. The molecule has 20 heavy (non-hydrogen) atoms. The van der Waals surface area contributed by atoms with Crippen molar-refractivity contribution in [3.63, 3.8) is 0 Å². The van der Waals surface area contributed by atoms with Gasteiger partial charge in [-0.3, -0.25) is 0 Å². The van der Waals surface area contributed by atoms with Crippen molar-refractivity contribution in [1.82, 2.24) is 5.32 Å². The second-order valence-corrected chi connectivity index (χ2v) is 6.89. The predicted molar refractivity (Wildman–Crippen MR) is 90.1 cm³/mol. The third kappa shape index (κ3) is 6.38. The summed E-state index contributed by atoms with van der Waals surface area (Å²) in [4.78, 5) is 0. The molecular formula is C17H28BrNO. The molecule has 0 aliphatic carbocycles. The highest BCUT2D eigenvalue weighted by atomic mass is 79.9. The van der Waals surface area contributed by atoms with Crippen molar-refractivity contribution in [2.45, 2.75) is 27.2 Å².